The number of amides is 1. The number of pyridine rings is 2. The number of hydrogen-bond donors (Lipinski definition) is 1. The summed E-state index contributed by atoms with van der Waals surface area (Å²) in [6, 6.07) is 22.4. The van der Waals surface area contributed by atoms with Crippen LogP contribution in [0.15, 0.2) is 89.6 Å². The summed E-state index contributed by atoms with van der Waals surface area (Å²) in [6.45, 7) is 0. The molecule has 0 radical (unpaired) electrons. The maximum atomic E-state index is 14.5. The van der Waals surface area contributed by atoms with Crippen LogP contribution in [-0.4, -0.2) is 21.0 Å². The summed E-state index contributed by atoms with van der Waals surface area (Å²) >= 11 is 0. The lowest BCUT2D eigenvalue weighted by Crippen LogP contribution is -2.14. The van der Waals surface area contributed by atoms with E-state index < -0.39 is 11.7 Å². The molecule has 0 bridgehead atoms. The fourth-order valence-electron chi connectivity index (χ4n) is 3.34. The van der Waals surface area contributed by atoms with Crippen LogP contribution >= 0.6 is 0 Å². The molecule has 0 aliphatic carbocycles. The molecule has 0 aliphatic heterocycles. The molecule has 0 saturated carbocycles. The maximum Gasteiger partial charge on any atom is 0.259 e. The fourth-order valence-corrected chi connectivity index (χ4v) is 3.34. The van der Waals surface area contributed by atoms with Crippen molar-refractivity contribution in [1.82, 2.24) is 15.1 Å². The second-order valence-corrected chi connectivity index (χ2v) is 6.78. The van der Waals surface area contributed by atoms with Crippen molar-refractivity contribution in [3.63, 3.8) is 0 Å². The zero-order chi connectivity index (χ0) is 21.2. The molecule has 1 amide bonds. The predicted octanol–water partition coefficient (Wildman–Crippen LogP) is 5.34. The van der Waals surface area contributed by atoms with Gasteiger partial charge in [0.1, 0.15) is 17.3 Å². The van der Waals surface area contributed by atoms with Crippen molar-refractivity contribution in [2.45, 2.75) is 0 Å². The molecule has 3 heterocycles. The summed E-state index contributed by atoms with van der Waals surface area (Å²) in [6.07, 6.45) is 1.58. The molecular formula is C24H15FN4O2. The molecule has 2 aromatic carbocycles. The van der Waals surface area contributed by atoms with E-state index in [0.717, 1.165) is 5.56 Å². The van der Waals surface area contributed by atoms with Gasteiger partial charge in [0, 0.05) is 17.3 Å². The van der Waals surface area contributed by atoms with Gasteiger partial charge < -0.3 is 9.84 Å². The third-order valence-corrected chi connectivity index (χ3v) is 4.80. The molecule has 0 saturated heterocycles. The molecule has 0 atom stereocenters. The highest BCUT2D eigenvalue weighted by Crippen LogP contribution is 2.34. The van der Waals surface area contributed by atoms with Gasteiger partial charge in [-0.15, -0.1) is 0 Å². The highest BCUT2D eigenvalue weighted by Gasteiger charge is 2.23. The van der Waals surface area contributed by atoms with Crippen LogP contribution in [0.3, 0.4) is 0 Å². The predicted molar refractivity (Wildman–Crippen MR) is 115 cm³/mol. The average molecular weight is 410 g/mol. The van der Waals surface area contributed by atoms with Gasteiger partial charge in [0.05, 0.1) is 16.6 Å². The molecule has 0 unspecified atom stereocenters. The average Bonchev–Trinajstić information content (AvgIpc) is 3.24. The SMILES string of the molecule is O=C(Nc1ccccn1)c1cc(-c2ccccc2)nc2onc(-c3ccccc3F)c12. The quantitative estimate of drug-likeness (QED) is 0.432. The monoisotopic (exact) mass is 410 g/mol. The molecule has 5 rings (SSSR count). The first-order chi connectivity index (χ1) is 15.2. The van der Waals surface area contributed by atoms with Crippen LogP contribution in [0, 0.1) is 5.82 Å². The van der Waals surface area contributed by atoms with E-state index in [1.165, 1.54) is 6.07 Å². The smallest absolute Gasteiger partial charge is 0.259 e. The Morgan fingerprint density at radius 3 is 2.48 bits per heavy atom. The van der Waals surface area contributed by atoms with Crippen LogP contribution in [0.5, 0.6) is 0 Å². The minimum Gasteiger partial charge on any atom is -0.335 e. The van der Waals surface area contributed by atoms with Crippen molar-refractivity contribution < 1.29 is 13.7 Å². The molecule has 150 valence electrons. The van der Waals surface area contributed by atoms with Gasteiger partial charge in [0.15, 0.2) is 0 Å². The Hall–Kier alpha value is -4.39. The maximum absolute atomic E-state index is 14.5. The van der Waals surface area contributed by atoms with Crippen LogP contribution < -0.4 is 5.32 Å². The zero-order valence-electron chi connectivity index (χ0n) is 16.1. The van der Waals surface area contributed by atoms with Gasteiger partial charge in [-0.25, -0.2) is 14.4 Å². The molecule has 7 heteroatoms. The summed E-state index contributed by atoms with van der Waals surface area (Å²) < 4.78 is 19.9. The van der Waals surface area contributed by atoms with Crippen molar-refractivity contribution >= 4 is 22.8 Å². The first-order valence-electron chi connectivity index (χ1n) is 9.54. The first kappa shape index (κ1) is 18.6. The number of nitrogens with one attached hydrogen (secondary N) is 1. The number of carbonyl (C=O) groups excluding carboxylic acids is 1. The third kappa shape index (κ3) is 3.53. The lowest BCUT2D eigenvalue weighted by Gasteiger charge is -2.09. The number of anilines is 1. The lowest BCUT2D eigenvalue weighted by atomic mass is 10.0. The lowest BCUT2D eigenvalue weighted by molar-refractivity contribution is 0.102. The first-order valence-corrected chi connectivity index (χ1v) is 9.54. The minimum absolute atomic E-state index is 0.144. The number of benzene rings is 2. The number of halogens is 1. The van der Waals surface area contributed by atoms with E-state index in [9.17, 15) is 9.18 Å². The van der Waals surface area contributed by atoms with Crippen LogP contribution in [-0.2, 0) is 0 Å². The van der Waals surface area contributed by atoms with Crippen molar-refractivity contribution in [2.24, 2.45) is 0 Å². The van der Waals surface area contributed by atoms with E-state index in [-0.39, 0.29) is 22.5 Å². The van der Waals surface area contributed by atoms with E-state index >= 15 is 0 Å². The summed E-state index contributed by atoms with van der Waals surface area (Å²) in [5.74, 6) is -0.507. The number of hydrogen-bond acceptors (Lipinski definition) is 5. The number of carbonyl (C=O) groups is 1. The molecule has 31 heavy (non-hydrogen) atoms. The Morgan fingerprint density at radius 1 is 0.935 bits per heavy atom. The van der Waals surface area contributed by atoms with Crippen LogP contribution in [0.4, 0.5) is 10.2 Å². The Balaban J connectivity index is 1.72. The van der Waals surface area contributed by atoms with Gasteiger partial charge in [-0.3, -0.25) is 4.79 Å². The van der Waals surface area contributed by atoms with E-state index in [0.29, 0.717) is 16.9 Å². The van der Waals surface area contributed by atoms with E-state index in [1.54, 1.807) is 48.7 Å². The minimum atomic E-state index is -0.471. The van der Waals surface area contributed by atoms with Gasteiger partial charge in [-0.2, -0.15) is 0 Å². The summed E-state index contributed by atoms with van der Waals surface area (Å²) in [5.41, 5.74) is 2.18. The summed E-state index contributed by atoms with van der Waals surface area (Å²) in [5, 5.41) is 7.14. The second-order valence-electron chi connectivity index (χ2n) is 6.78. The van der Waals surface area contributed by atoms with Gasteiger partial charge in [-0.1, -0.05) is 53.7 Å². The van der Waals surface area contributed by atoms with Gasteiger partial charge in [-0.05, 0) is 30.3 Å². The van der Waals surface area contributed by atoms with Crippen molar-refractivity contribution in [3.8, 4) is 22.5 Å². The Bertz CT molecular complexity index is 1390. The van der Waals surface area contributed by atoms with Crippen LogP contribution in [0.2, 0.25) is 0 Å². The second kappa shape index (κ2) is 7.79. The number of rotatable bonds is 4. The Morgan fingerprint density at radius 2 is 1.71 bits per heavy atom. The van der Waals surface area contributed by atoms with E-state index in [1.807, 2.05) is 30.3 Å². The zero-order valence-corrected chi connectivity index (χ0v) is 16.1. The van der Waals surface area contributed by atoms with E-state index in [2.05, 4.69) is 20.4 Å². The van der Waals surface area contributed by atoms with Gasteiger partial charge in [0.2, 0.25) is 0 Å². The topological polar surface area (TPSA) is 80.9 Å². The van der Waals surface area contributed by atoms with Crippen molar-refractivity contribution in [3.05, 3.63) is 96.4 Å². The summed E-state index contributed by atoms with van der Waals surface area (Å²) in [7, 11) is 0. The standard InChI is InChI=1S/C24H15FN4O2/c25-18-11-5-4-10-16(18)22-21-17(23(30)28-20-12-6-7-13-26-20)14-19(27-24(21)31-29-22)15-8-2-1-3-9-15/h1-14H,(H,26,28,30). The van der Waals surface area contributed by atoms with Crippen LogP contribution in [0.1, 0.15) is 10.4 Å². The molecule has 0 aliphatic rings. The molecule has 0 spiro atoms. The Labute approximate surface area is 176 Å². The van der Waals surface area contributed by atoms with Crippen molar-refractivity contribution in [1.29, 1.82) is 0 Å². The number of aromatic nitrogens is 3. The van der Waals surface area contributed by atoms with Gasteiger partial charge in [0.25, 0.3) is 11.6 Å². The fraction of sp³-hybridized carbons (Fsp3) is 0. The number of fused-ring (bicyclic) bond motifs is 1. The molecule has 6 nitrogen and oxygen atoms in total. The van der Waals surface area contributed by atoms with E-state index in [4.69, 9.17) is 4.52 Å². The molecule has 5 aromatic rings. The Kier molecular flexibility index (Phi) is 4.68. The normalized spacial score (nSPS) is 10.9. The third-order valence-electron chi connectivity index (χ3n) is 4.80. The largest absolute Gasteiger partial charge is 0.335 e. The highest BCUT2D eigenvalue weighted by atomic mass is 19.1. The molecule has 3 aromatic heterocycles. The molecule has 0 fully saturated rings. The summed E-state index contributed by atoms with van der Waals surface area (Å²) in [4.78, 5) is 21.9. The van der Waals surface area contributed by atoms with Crippen molar-refractivity contribution in [2.75, 3.05) is 5.32 Å². The van der Waals surface area contributed by atoms with Crippen LogP contribution in [0.25, 0.3) is 33.6 Å². The van der Waals surface area contributed by atoms with Gasteiger partial charge >= 0.3 is 0 Å². The number of nitrogens with zero attached hydrogens (tertiary/aromatic N) is 3. The highest BCUT2D eigenvalue weighted by molar-refractivity contribution is 6.15. The molecule has 1 N–H and O–H groups in total. The molecular weight excluding hydrogens is 395 g/mol.